The molecule has 2 aliphatic heterocycles. The maximum Gasteiger partial charge on any atom is 0.272 e. The van der Waals surface area contributed by atoms with Crippen molar-refractivity contribution in [3.8, 4) is 0 Å². The van der Waals surface area contributed by atoms with Crippen LogP contribution in [0.15, 0.2) is 72.8 Å². The van der Waals surface area contributed by atoms with E-state index in [2.05, 4.69) is 34.1 Å². The molecular weight excluding hydrogens is 439 g/mol. The fourth-order valence-electron chi connectivity index (χ4n) is 5.61. The van der Waals surface area contributed by atoms with Gasteiger partial charge in [-0.3, -0.25) is 4.79 Å². The Morgan fingerprint density at radius 3 is 2.57 bits per heavy atom. The highest BCUT2D eigenvalue weighted by Gasteiger charge is 2.38. The van der Waals surface area contributed by atoms with Crippen LogP contribution in [0.3, 0.4) is 0 Å². The average molecular weight is 473 g/mol. The molecule has 0 radical (unpaired) electrons. The smallest absolute Gasteiger partial charge is 0.272 e. The van der Waals surface area contributed by atoms with Crippen molar-refractivity contribution in [3.05, 3.63) is 101 Å². The van der Waals surface area contributed by atoms with Crippen molar-refractivity contribution in [1.29, 1.82) is 0 Å². The molecule has 2 fully saturated rings. The zero-order chi connectivity index (χ0) is 24.4. The van der Waals surface area contributed by atoms with Crippen molar-refractivity contribution in [2.24, 2.45) is 5.73 Å². The Morgan fingerprint density at radius 2 is 1.80 bits per heavy atom. The first kappa shape index (κ1) is 23.6. The van der Waals surface area contributed by atoms with Gasteiger partial charge in [0.15, 0.2) is 0 Å². The molecule has 0 bridgehead atoms. The minimum atomic E-state index is -0.224. The molecule has 2 saturated heterocycles. The maximum absolute atomic E-state index is 13.8. The van der Waals surface area contributed by atoms with Gasteiger partial charge in [0.25, 0.3) is 5.91 Å². The average Bonchev–Trinajstić information content (AvgIpc) is 3.52. The van der Waals surface area contributed by atoms with E-state index in [4.69, 9.17) is 5.73 Å². The van der Waals surface area contributed by atoms with Crippen LogP contribution in [0.25, 0.3) is 0 Å². The molecule has 182 valence electrons. The van der Waals surface area contributed by atoms with E-state index in [1.807, 2.05) is 36.1 Å². The van der Waals surface area contributed by atoms with Crippen LogP contribution in [0.5, 0.6) is 0 Å². The van der Waals surface area contributed by atoms with E-state index in [9.17, 15) is 9.18 Å². The van der Waals surface area contributed by atoms with Crippen molar-refractivity contribution >= 4 is 5.91 Å². The van der Waals surface area contributed by atoms with Crippen molar-refractivity contribution < 1.29 is 9.18 Å². The molecule has 5 rings (SSSR count). The summed E-state index contributed by atoms with van der Waals surface area (Å²) >= 11 is 0. The van der Waals surface area contributed by atoms with E-state index in [0.29, 0.717) is 24.1 Å². The molecule has 0 spiro atoms. The Labute approximate surface area is 206 Å². The third-order valence-corrected chi connectivity index (χ3v) is 7.46. The Bertz CT molecular complexity index is 1170. The molecule has 4 atom stereocenters. The summed E-state index contributed by atoms with van der Waals surface area (Å²) in [7, 11) is 0. The second kappa shape index (κ2) is 10.3. The van der Waals surface area contributed by atoms with Gasteiger partial charge in [-0.05, 0) is 67.6 Å². The molecule has 1 unspecified atom stereocenters. The minimum Gasteiger partial charge on any atom is -0.332 e. The van der Waals surface area contributed by atoms with Crippen molar-refractivity contribution in [2.75, 3.05) is 26.2 Å². The molecule has 3 heterocycles. The number of pyridine rings is 1. The molecule has 35 heavy (non-hydrogen) atoms. The predicted molar refractivity (Wildman–Crippen MR) is 136 cm³/mol. The molecule has 6 heteroatoms. The van der Waals surface area contributed by atoms with Gasteiger partial charge < -0.3 is 15.5 Å². The van der Waals surface area contributed by atoms with E-state index in [1.54, 1.807) is 18.2 Å². The van der Waals surface area contributed by atoms with Gasteiger partial charge in [-0.25, -0.2) is 9.37 Å². The summed E-state index contributed by atoms with van der Waals surface area (Å²) in [6.45, 7) is 5.21. The second-order valence-electron chi connectivity index (χ2n) is 9.99. The van der Waals surface area contributed by atoms with Crippen molar-refractivity contribution in [2.45, 2.75) is 43.7 Å². The zero-order valence-electron chi connectivity index (χ0n) is 20.2. The number of aromatic nitrogens is 1. The quantitative estimate of drug-likeness (QED) is 0.564. The van der Waals surface area contributed by atoms with Crippen LogP contribution >= 0.6 is 0 Å². The van der Waals surface area contributed by atoms with Crippen LogP contribution in [-0.2, 0) is 0 Å². The molecule has 2 N–H and O–H groups in total. The Balaban J connectivity index is 1.34. The standard InChI is InChI=1S/C29H33FN4O/c1-20(31)27-11-6-12-28(32-27)29(35)34-18-24(21-7-3-2-4-8-21)16-26(34)19-33-14-13-23(17-33)22-9-5-10-25(30)15-22/h2-12,15,20,23-24,26H,13-14,16-19,31H2,1H3/t20?,23-,24-,26-/m0/s1. The fourth-order valence-corrected chi connectivity index (χ4v) is 5.61. The maximum atomic E-state index is 13.8. The van der Waals surface area contributed by atoms with Gasteiger partial charge in [0.2, 0.25) is 0 Å². The van der Waals surface area contributed by atoms with Gasteiger partial charge in [0, 0.05) is 37.6 Å². The first-order valence-electron chi connectivity index (χ1n) is 12.5. The molecule has 5 nitrogen and oxygen atoms in total. The predicted octanol–water partition coefficient (Wildman–Crippen LogP) is 4.73. The Kier molecular flexibility index (Phi) is 6.93. The molecule has 0 saturated carbocycles. The first-order valence-corrected chi connectivity index (χ1v) is 12.5. The number of amides is 1. The van der Waals surface area contributed by atoms with Crippen LogP contribution in [-0.4, -0.2) is 52.9 Å². The lowest BCUT2D eigenvalue weighted by molar-refractivity contribution is 0.0701. The lowest BCUT2D eigenvalue weighted by Crippen LogP contribution is -2.43. The number of likely N-dealkylation sites (tertiary alicyclic amines) is 2. The summed E-state index contributed by atoms with van der Waals surface area (Å²) in [6, 6.07) is 22.8. The summed E-state index contributed by atoms with van der Waals surface area (Å²) in [5, 5.41) is 0. The Hall–Kier alpha value is -3.09. The summed E-state index contributed by atoms with van der Waals surface area (Å²) in [5.41, 5.74) is 9.53. The number of benzene rings is 2. The number of hydrogen-bond acceptors (Lipinski definition) is 4. The van der Waals surface area contributed by atoms with Gasteiger partial charge in [0.1, 0.15) is 11.5 Å². The lowest BCUT2D eigenvalue weighted by atomic mass is 9.96. The molecule has 3 aromatic rings. The monoisotopic (exact) mass is 472 g/mol. The third kappa shape index (κ3) is 5.29. The van der Waals surface area contributed by atoms with E-state index in [1.165, 1.54) is 11.6 Å². The normalized spacial score (nSPS) is 23.5. The summed E-state index contributed by atoms with van der Waals surface area (Å²) < 4.78 is 13.8. The number of halogens is 1. The molecule has 1 amide bonds. The lowest BCUT2D eigenvalue weighted by Gasteiger charge is -2.28. The Morgan fingerprint density at radius 1 is 1.03 bits per heavy atom. The first-order chi connectivity index (χ1) is 17.0. The number of nitrogens with zero attached hydrogens (tertiary/aromatic N) is 3. The van der Waals surface area contributed by atoms with Gasteiger partial charge in [0.05, 0.1) is 5.69 Å². The molecule has 2 aromatic carbocycles. The van der Waals surface area contributed by atoms with Gasteiger partial charge >= 0.3 is 0 Å². The van der Waals surface area contributed by atoms with Crippen molar-refractivity contribution in [1.82, 2.24) is 14.8 Å². The number of hydrogen-bond donors (Lipinski definition) is 1. The van der Waals surface area contributed by atoms with E-state index >= 15 is 0 Å². The second-order valence-corrected chi connectivity index (χ2v) is 9.99. The van der Waals surface area contributed by atoms with Crippen LogP contribution in [0.2, 0.25) is 0 Å². The highest BCUT2D eigenvalue weighted by molar-refractivity contribution is 5.93. The summed E-state index contributed by atoms with van der Waals surface area (Å²) in [5.74, 6) is 0.409. The van der Waals surface area contributed by atoms with Gasteiger partial charge in [-0.2, -0.15) is 0 Å². The molecule has 1 aromatic heterocycles. The SMILES string of the molecule is CC(N)c1cccc(C(=O)N2C[C@@H](c3ccccc3)C[C@H]2CN2CC[C@H](c3cccc(F)c3)C2)n1. The highest BCUT2D eigenvalue weighted by atomic mass is 19.1. The van der Waals surface area contributed by atoms with Crippen LogP contribution in [0.1, 0.15) is 65.0 Å². The van der Waals surface area contributed by atoms with Crippen LogP contribution in [0, 0.1) is 5.82 Å². The summed E-state index contributed by atoms with van der Waals surface area (Å²) in [6.07, 6.45) is 1.92. The molecule has 0 aliphatic carbocycles. The number of rotatable bonds is 6. The fraction of sp³-hybridized carbons (Fsp3) is 0.379. The zero-order valence-corrected chi connectivity index (χ0v) is 20.2. The number of carbonyl (C=O) groups is 1. The van der Waals surface area contributed by atoms with Gasteiger partial charge in [-0.1, -0.05) is 48.5 Å². The van der Waals surface area contributed by atoms with Crippen LogP contribution in [0.4, 0.5) is 4.39 Å². The number of nitrogens with two attached hydrogens (primary N) is 1. The molecular formula is C29H33FN4O. The minimum absolute atomic E-state index is 0.0307. The summed E-state index contributed by atoms with van der Waals surface area (Å²) in [4.78, 5) is 22.7. The third-order valence-electron chi connectivity index (χ3n) is 7.46. The highest BCUT2D eigenvalue weighted by Crippen LogP contribution is 2.35. The van der Waals surface area contributed by atoms with E-state index < -0.39 is 0 Å². The van der Waals surface area contributed by atoms with Gasteiger partial charge in [-0.15, -0.1) is 0 Å². The largest absolute Gasteiger partial charge is 0.332 e. The van der Waals surface area contributed by atoms with E-state index in [0.717, 1.165) is 43.7 Å². The number of carbonyl (C=O) groups excluding carboxylic acids is 1. The topological polar surface area (TPSA) is 62.5 Å². The van der Waals surface area contributed by atoms with Crippen molar-refractivity contribution in [3.63, 3.8) is 0 Å². The van der Waals surface area contributed by atoms with E-state index in [-0.39, 0.29) is 23.8 Å². The van der Waals surface area contributed by atoms with Crippen LogP contribution < -0.4 is 5.73 Å². The molecule has 2 aliphatic rings.